The van der Waals surface area contributed by atoms with E-state index in [0.29, 0.717) is 25.9 Å². The molecule has 22 heavy (non-hydrogen) atoms. The first-order chi connectivity index (χ1) is 10.2. The van der Waals surface area contributed by atoms with E-state index in [0.717, 1.165) is 0 Å². The van der Waals surface area contributed by atoms with Gasteiger partial charge in [0.25, 0.3) is 0 Å². The van der Waals surface area contributed by atoms with E-state index in [1.165, 1.54) is 22.8 Å². The Balaban J connectivity index is 2.17. The van der Waals surface area contributed by atoms with Crippen molar-refractivity contribution in [1.82, 2.24) is 9.29 Å². The fourth-order valence-corrected chi connectivity index (χ4v) is 3.59. The molecule has 10 heteroatoms. The molecule has 122 valence electrons. The van der Waals surface area contributed by atoms with Gasteiger partial charge in [0.15, 0.2) is 0 Å². The number of pyridine rings is 1. The number of hydrogen-bond acceptors (Lipinski definition) is 6. The van der Waals surface area contributed by atoms with Gasteiger partial charge in [-0.2, -0.15) is 0 Å². The number of rotatable bonds is 4. The molecule has 1 aliphatic rings. The molecule has 0 amide bonds. The van der Waals surface area contributed by atoms with Crippen molar-refractivity contribution in [1.29, 1.82) is 0 Å². The summed E-state index contributed by atoms with van der Waals surface area (Å²) in [6, 6.07) is 1.26. The second-order valence-electron chi connectivity index (χ2n) is 5.26. The molecule has 1 aromatic heterocycles. The van der Waals surface area contributed by atoms with Crippen molar-refractivity contribution in [3.63, 3.8) is 0 Å². The van der Waals surface area contributed by atoms with Gasteiger partial charge in [-0.3, -0.25) is 10.1 Å². The summed E-state index contributed by atoms with van der Waals surface area (Å²) < 4.78 is 24.4. The third-order valence-corrected chi connectivity index (χ3v) is 5.29. The van der Waals surface area contributed by atoms with E-state index in [-0.39, 0.29) is 22.6 Å². The Morgan fingerprint density at radius 2 is 2.05 bits per heavy atom. The van der Waals surface area contributed by atoms with E-state index in [2.05, 4.69) is 4.98 Å². The van der Waals surface area contributed by atoms with Crippen molar-refractivity contribution in [3.8, 4) is 0 Å². The number of aromatic nitrogens is 1. The van der Waals surface area contributed by atoms with Crippen LogP contribution in [0.5, 0.6) is 0 Å². The minimum Gasteiger partial charge on any atom is -0.351 e. The van der Waals surface area contributed by atoms with Gasteiger partial charge in [-0.1, -0.05) is 11.6 Å². The minimum atomic E-state index is -3.19. The highest BCUT2D eigenvalue weighted by Crippen LogP contribution is 2.31. The lowest BCUT2D eigenvalue weighted by molar-refractivity contribution is -0.384. The maximum atomic E-state index is 11.5. The molecule has 1 saturated heterocycles. The summed E-state index contributed by atoms with van der Waals surface area (Å²) in [6.45, 7) is 0.796. The lowest BCUT2D eigenvalue weighted by atomic mass is 10.1. The molecule has 1 fully saturated rings. The minimum absolute atomic E-state index is 0.00891. The number of anilines is 1. The van der Waals surface area contributed by atoms with Gasteiger partial charge >= 0.3 is 5.69 Å². The molecule has 2 heterocycles. The van der Waals surface area contributed by atoms with Crippen molar-refractivity contribution >= 4 is 33.1 Å². The molecule has 0 saturated carbocycles. The molecule has 0 spiro atoms. The van der Waals surface area contributed by atoms with Gasteiger partial charge in [-0.15, -0.1) is 0 Å². The summed E-state index contributed by atoms with van der Waals surface area (Å²) >= 11 is 5.76. The Hall–Kier alpha value is -1.45. The molecule has 0 unspecified atom stereocenters. The van der Waals surface area contributed by atoms with Crippen LogP contribution in [0.2, 0.25) is 5.02 Å². The second kappa shape index (κ2) is 6.35. The quantitative estimate of drug-likeness (QED) is 0.604. The van der Waals surface area contributed by atoms with Crippen molar-refractivity contribution in [3.05, 3.63) is 27.4 Å². The Bertz CT molecular complexity index is 674. The Morgan fingerprint density at radius 3 is 2.55 bits per heavy atom. The Kier molecular flexibility index (Phi) is 4.88. The van der Waals surface area contributed by atoms with Crippen LogP contribution < -0.4 is 4.90 Å². The molecule has 0 atom stereocenters. The average Bonchev–Trinajstić information content (AvgIpc) is 2.45. The summed E-state index contributed by atoms with van der Waals surface area (Å²) in [7, 11) is -1.47. The summed E-state index contributed by atoms with van der Waals surface area (Å²) in [4.78, 5) is 16.4. The van der Waals surface area contributed by atoms with Crippen LogP contribution in [0, 0.1) is 10.1 Å². The highest BCUT2D eigenvalue weighted by Gasteiger charge is 2.30. The smallest absolute Gasteiger partial charge is 0.313 e. The first kappa shape index (κ1) is 16.9. The van der Waals surface area contributed by atoms with Gasteiger partial charge in [0, 0.05) is 38.4 Å². The van der Waals surface area contributed by atoms with Gasteiger partial charge in [0.2, 0.25) is 15.8 Å². The molecule has 8 nitrogen and oxygen atoms in total. The van der Waals surface area contributed by atoms with Crippen LogP contribution in [0.3, 0.4) is 0 Å². The van der Waals surface area contributed by atoms with E-state index in [1.54, 1.807) is 11.9 Å². The molecular weight excluding hydrogens is 332 g/mol. The molecular formula is C12H17ClN4O4S. The highest BCUT2D eigenvalue weighted by atomic mass is 35.5. The fraction of sp³-hybridized carbons (Fsp3) is 0.583. The predicted molar refractivity (Wildman–Crippen MR) is 83.7 cm³/mol. The van der Waals surface area contributed by atoms with Gasteiger partial charge in [0.05, 0.1) is 16.2 Å². The first-order valence-electron chi connectivity index (χ1n) is 6.68. The van der Waals surface area contributed by atoms with Crippen LogP contribution in [0.15, 0.2) is 12.3 Å². The molecule has 0 radical (unpaired) electrons. The maximum Gasteiger partial charge on any atom is 0.313 e. The van der Waals surface area contributed by atoms with Crippen molar-refractivity contribution < 1.29 is 13.3 Å². The van der Waals surface area contributed by atoms with Gasteiger partial charge in [0.1, 0.15) is 0 Å². The van der Waals surface area contributed by atoms with Crippen LogP contribution in [0.25, 0.3) is 0 Å². The van der Waals surface area contributed by atoms with Crippen LogP contribution in [0.1, 0.15) is 12.8 Å². The normalized spacial score (nSPS) is 17.4. The summed E-state index contributed by atoms with van der Waals surface area (Å²) in [5.74, 6) is 0.243. The first-order valence-corrected chi connectivity index (χ1v) is 8.90. The van der Waals surface area contributed by atoms with E-state index >= 15 is 0 Å². The number of nitrogens with zero attached hydrogens (tertiary/aromatic N) is 4. The SMILES string of the molecule is CN(c1ncc(Cl)cc1[N+](=O)[O-])C1CCN(S(C)(=O)=O)CC1. The van der Waals surface area contributed by atoms with Gasteiger partial charge < -0.3 is 4.90 Å². The van der Waals surface area contributed by atoms with E-state index in [1.807, 2.05) is 0 Å². The zero-order valence-electron chi connectivity index (χ0n) is 12.3. The summed E-state index contributed by atoms with van der Waals surface area (Å²) in [6.07, 6.45) is 3.73. The Labute approximate surface area is 133 Å². The summed E-state index contributed by atoms with van der Waals surface area (Å²) in [5, 5.41) is 11.3. The second-order valence-corrected chi connectivity index (χ2v) is 7.68. The van der Waals surface area contributed by atoms with Gasteiger partial charge in [-0.25, -0.2) is 17.7 Å². The standard InChI is InChI=1S/C12H17ClN4O4S/c1-15(10-3-5-16(6-4-10)22(2,20)21)12-11(17(18)19)7-9(13)8-14-12/h7-8,10H,3-6H2,1-2H3. The molecule has 0 aliphatic carbocycles. The molecule has 0 bridgehead atoms. The van der Waals surface area contributed by atoms with Gasteiger partial charge in [-0.05, 0) is 12.8 Å². The lowest BCUT2D eigenvalue weighted by Gasteiger charge is -2.35. The van der Waals surface area contributed by atoms with Crippen LogP contribution in [-0.4, -0.2) is 55.1 Å². The monoisotopic (exact) mass is 348 g/mol. The fourth-order valence-electron chi connectivity index (χ4n) is 2.56. The lowest BCUT2D eigenvalue weighted by Crippen LogP contribution is -2.45. The topological polar surface area (TPSA) is 96.7 Å². The highest BCUT2D eigenvalue weighted by molar-refractivity contribution is 7.88. The molecule has 0 aromatic carbocycles. The van der Waals surface area contributed by atoms with Crippen LogP contribution in [0.4, 0.5) is 11.5 Å². The number of nitro groups is 1. The third kappa shape index (κ3) is 3.65. The van der Waals surface area contributed by atoms with Crippen molar-refractivity contribution in [2.24, 2.45) is 0 Å². The Morgan fingerprint density at radius 1 is 1.45 bits per heavy atom. The number of piperidine rings is 1. The summed E-state index contributed by atoms with van der Waals surface area (Å²) in [5.41, 5.74) is -0.152. The molecule has 2 rings (SSSR count). The number of hydrogen-bond donors (Lipinski definition) is 0. The van der Waals surface area contributed by atoms with Crippen molar-refractivity contribution in [2.75, 3.05) is 31.3 Å². The third-order valence-electron chi connectivity index (χ3n) is 3.78. The molecule has 1 aromatic rings. The maximum absolute atomic E-state index is 11.5. The largest absolute Gasteiger partial charge is 0.351 e. The number of sulfonamides is 1. The van der Waals surface area contributed by atoms with Crippen LogP contribution in [-0.2, 0) is 10.0 Å². The molecule has 1 aliphatic heterocycles. The van der Waals surface area contributed by atoms with E-state index in [9.17, 15) is 18.5 Å². The van der Waals surface area contributed by atoms with Crippen molar-refractivity contribution in [2.45, 2.75) is 18.9 Å². The zero-order chi connectivity index (χ0) is 16.5. The van der Waals surface area contributed by atoms with E-state index < -0.39 is 14.9 Å². The molecule has 0 N–H and O–H groups in total. The predicted octanol–water partition coefficient (Wildman–Crippen LogP) is 1.50. The number of halogens is 1. The zero-order valence-corrected chi connectivity index (χ0v) is 13.8. The van der Waals surface area contributed by atoms with Crippen LogP contribution >= 0.6 is 11.6 Å². The average molecular weight is 349 g/mol. The van der Waals surface area contributed by atoms with E-state index in [4.69, 9.17) is 11.6 Å².